The van der Waals surface area contributed by atoms with Crippen molar-refractivity contribution in [3.8, 4) is 85.1 Å². The van der Waals surface area contributed by atoms with Crippen molar-refractivity contribution in [2.75, 3.05) is 7.11 Å². The molecular weight excluding hydrogens is 968 g/mol. The average Bonchev–Trinajstić information content (AvgIpc) is 3.72. The highest BCUT2D eigenvalue weighted by atomic mass is 19.4. The summed E-state index contributed by atoms with van der Waals surface area (Å²) in [6, 6.07) is 31.6. The Balaban J connectivity index is 0.841. The van der Waals surface area contributed by atoms with Crippen LogP contribution >= 0.6 is 0 Å². The first-order valence-corrected chi connectivity index (χ1v) is 24.1. The molecule has 0 spiro atoms. The van der Waals surface area contributed by atoms with E-state index in [-0.39, 0.29) is 70.7 Å². The molecule has 0 aliphatic heterocycles. The second-order valence-electron chi connectivity index (χ2n) is 18.9. The van der Waals surface area contributed by atoms with Gasteiger partial charge in [0, 0.05) is 47.2 Å². The summed E-state index contributed by atoms with van der Waals surface area (Å²) in [5.41, 5.74) is 7.77. The van der Waals surface area contributed by atoms with Gasteiger partial charge >= 0.3 is 6.18 Å². The van der Waals surface area contributed by atoms with Crippen LogP contribution in [0.4, 0.5) is 22.0 Å². The van der Waals surface area contributed by atoms with Crippen LogP contribution in [0.3, 0.4) is 0 Å². The summed E-state index contributed by atoms with van der Waals surface area (Å²) in [4.78, 5) is 31.1. The van der Waals surface area contributed by atoms with Gasteiger partial charge < -0.3 is 18.4 Å². The lowest BCUT2D eigenvalue weighted by Gasteiger charge is -2.17. The molecule has 10 aromatic rings. The van der Waals surface area contributed by atoms with Gasteiger partial charge in [-0.05, 0) is 102 Å². The maximum atomic E-state index is 17.0. The highest BCUT2D eigenvalue weighted by molar-refractivity contribution is 5.83. The summed E-state index contributed by atoms with van der Waals surface area (Å²) in [6.45, 7) is 7.77. The topological polar surface area (TPSA) is 156 Å². The van der Waals surface area contributed by atoms with E-state index in [2.05, 4.69) is 66.2 Å². The predicted octanol–water partition coefficient (Wildman–Crippen LogP) is 13.8. The third-order valence-corrected chi connectivity index (χ3v) is 13.3. The molecule has 11 rings (SSSR count). The van der Waals surface area contributed by atoms with Gasteiger partial charge in [0.2, 0.25) is 23.4 Å². The molecule has 2 atom stereocenters. The zero-order chi connectivity index (χ0) is 52.1. The fraction of sp³-hybridized carbons (Fsp3) is 0.211. The van der Waals surface area contributed by atoms with Crippen LogP contribution in [0.25, 0.3) is 79.3 Å². The molecule has 1 saturated carbocycles. The number of imidazole rings is 1. The van der Waals surface area contributed by atoms with E-state index in [0.29, 0.717) is 39.5 Å². The minimum atomic E-state index is -4.58. The number of benzene rings is 4. The first-order valence-electron chi connectivity index (χ1n) is 24.1. The monoisotopic (exact) mass is 1010 g/mol. The normalized spacial score (nSPS) is 14.5. The molecule has 6 heterocycles. The number of alkyl halides is 3. The van der Waals surface area contributed by atoms with Crippen molar-refractivity contribution in [2.24, 2.45) is 0 Å². The quantitative estimate of drug-likeness (QED) is 0.0951. The van der Waals surface area contributed by atoms with E-state index >= 15 is 8.78 Å². The Morgan fingerprint density at radius 1 is 0.693 bits per heavy atom. The van der Waals surface area contributed by atoms with Crippen LogP contribution in [-0.2, 0) is 12.6 Å². The van der Waals surface area contributed by atoms with Gasteiger partial charge in [-0.3, -0.25) is 9.97 Å². The molecule has 0 bridgehead atoms. The third-order valence-electron chi connectivity index (χ3n) is 13.3. The number of pyridine rings is 2. The molecular formula is C57H45F5N10O3. The summed E-state index contributed by atoms with van der Waals surface area (Å²) < 4.78 is 91.3. The molecule has 18 heteroatoms. The third kappa shape index (κ3) is 9.54. The van der Waals surface area contributed by atoms with E-state index in [1.165, 1.54) is 30.1 Å². The smallest absolute Gasteiger partial charge is 0.434 e. The maximum Gasteiger partial charge on any atom is 0.434 e. The molecule has 75 heavy (non-hydrogen) atoms. The lowest BCUT2D eigenvalue weighted by atomic mass is 9.87. The summed E-state index contributed by atoms with van der Waals surface area (Å²) in [5, 5.41) is 8.36. The molecule has 6 aromatic heterocycles. The first kappa shape index (κ1) is 48.5. The molecule has 13 nitrogen and oxygen atoms in total. The lowest BCUT2D eigenvalue weighted by molar-refractivity contribution is -0.140. The average molecular weight is 1010 g/mol. The Morgan fingerprint density at radius 3 is 2.20 bits per heavy atom. The molecule has 1 fully saturated rings. The van der Waals surface area contributed by atoms with Gasteiger partial charge in [0.15, 0.2) is 5.69 Å². The van der Waals surface area contributed by atoms with Crippen molar-refractivity contribution in [2.45, 2.75) is 70.5 Å². The number of ether oxygens (including phenoxy) is 1. The molecule has 0 radical (unpaired) electrons. The van der Waals surface area contributed by atoms with Crippen molar-refractivity contribution < 1.29 is 35.7 Å². The number of rotatable bonds is 14. The van der Waals surface area contributed by atoms with Gasteiger partial charge in [-0.2, -0.15) is 23.1 Å². The molecule has 376 valence electrons. The van der Waals surface area contributed by atoms with E-state index < -0.39 is 23.5 Å². The summed E-state index contributed by atoms with van der Waals surface area (Å²) in [7, 11) is 1.48. The fourth-order valence-electron chi connectivity index (χ4n) is 9.46. The van der Waals surface area contributed by atoms with E-state index in [9.17, 15) is 13.2 Å². The van der Waals surface area contributed by atoms with E-state index in [1.807, 2.05) is 36.4 Å². The summed E-state index contributed by atoms with van der Waals surface area (Å²) >= 11 is 0. The maximum absolute atomic E-state index is 17.0. The van der Waals surface area contributed by atoms with Crippen LogP contribution in [0, 0.1) is 11.6 Å². The highest BCUT2D eigenvalue weighted by Crippen LogP contribution is 2.58. The molecule has 1 aliphatic carbocycles. The molecule has 4 aromatic carbocycles. The van der Waals surface area contributed by atoms with Gasteiger partial charge in [-0.25, -0.2) is 23.7 Å². The number of aromatic nitrogens is 10. The Kier molecular flexibility index (Phi) is 12.6. The largest absolute Gasteiger partial charge is 0.480 e. The first-order chi connectivity index (χ1) is 36.2. The van der Waals surface area contributed by atoms with E-state index in [1.54, 1.807) is 74.8 Å². The number of nitrogens with zero attached hydrogens (tertiary/aromatic N) is 10. The zero-order valence-electron chi connectivity index (χ0n) is 41.0. The van der Waals surface area contributed by atoms with Gasteiger partial charge in [0.25, 0.3) is 5.89 Å². The van der Waals surface area contributed by atoms with Crippen LogP contribution in [0.2, 0.25) is 0 Å². The molecule has 1 aliphatic rings. The van der Waals surface area contributed by atoms with Crippen LogP contribution < -0.4 is 4.74 Å². The van der Waals surface area contributed by atoms with Crippen molar-refractivity contribution in [3.63, 3.8) is 0 Å². The van der Waals surface area contributed by atoms with Gasteiger partial charge in [-0.15, -0.1) is 0 Å². The Bertz CT molecular complexity index is 3710. The number of hydrogen-bond acceptors (Lipinski definition) is 12. The Hall–Kier alpha value is -8.80. The summed E-state index contributed by atoms with van der Waals surface area (Å²) in [5.74, 6) is -0.0277. The van der Waals surface area contributed by atoms with Gasteiger partial charge in [0.05, 0.1) is 47.3 Å². The minimum Gasteiger partial charge on any atom is -0.480 e. The van der Waals surface area contributed by atoms with E-state index in [4.69, 9.17) is 18.8 Å². The number of halogens is 5. The number of hydrogen-bond donors (Lipinski definition) is 0. The summed E-state index contributed by atoms with van der Waals surface area (Å²) in [6.07, 6.45) is 2.11. The standard InChI is InChI=1S/C57H45F5N10O3/c1-30(2)41-24-34(16-19-37(41)38-20-18-36(58)25-44(38)55-69-52(70-75-55)35-17-21-46(64-27-35)45-11-6-7-22-63-45)42-26-43(42)51-49(56(73-5)66-29-65-51)39-9-8-10-40(50(39)59)53-68-48(74-71-53)23-32-12-14-33(15-13-32)54-67-47(57(60,61)62)28-72(54)31(3)4/h6-22,24-25,27-31,42-43H,23,26H2,1-5H3. The van der Waals surface area contributed by atoms with E-state index in [0.717, 1.165) is 46.1 Å². The fourth-order valence-corrected chi connectivity index (χ4v) is 9.46. The van der Waals surface area contributed by atoms with Crippen molar-refractivity contribution in [1.29, 1.82) is 0 Å². The lowest BCUT2D eigenvalue weighted by Crippen LogP contribution is -2.05. The molecule has 0 N–H and O–H groups in total. The number of methoxy groups -OCH3 is 1. The van der Waals surface area contributed by atoms with Crippen molar-refractivity contribution >= 4 is 0 Å². The van der Waals surface area contributed by atoms with Crippen LogP contribution in [0.5, 0.6) is 5.88 Å². The Morgan fingerprint density at radius 2 is 1.47 bits per heavy atom. The van der Waals surface area contributed by atoms with Gasteiger partial charge in [-0.1, -0.05) is 90.9 Å². The highest BCUT2D eigenvalue weighted by Gasteiger charge is 2.44. The van der Waals surface area contributed by atoms with Gasteiger partial charge in [0.1, 0.15) is 23.8 Å². The van der Waals surface area contributed by atoms with Crippen molar-refractivity contribution in [3.05, 3.63) is 180 Å². The minimum absolute atomic E-state index is 0.0214. The predicted molar refractivity (Wildman–Crippen MR) is 269 cm³/mol. The van der Waals surface area contributed by atoms with Crippen LogP contribution in [0.1, 0.15) is 91.9 Å². The van der Waals surface area contributed by atoms with Crippen LogP contribution in [0.15, 0.2) is 143 Å². The molecule has 0 saturated heterocycles. The van der Waals surface area contributed by atoms with Crippen molar-refractivity contribution in [1.82, 2.24) is 49.8 Å². The second kappa shape index (κ2) is 19.6. The Labute approximate surface area is 426 Å². The molecule has 2 unspecified atom stereocenters. The van der Waals surface area contributed by atoms with Crippen LogP contribution in [-0.4, -0.2) is 56.9 Å². The SMILES string of the molecule is COc1ncnc(C2CC2c2ccc(-c3ccc(F)cc3-c3nc(-c4ccc(-c5ccccn5)nc4)no3)c(C(C)C)c2)c1-c1cccc(-c2noc(Cc3ccc(-c4nc(C(F)(F)F)cn4C(C)C)cc3)n2)c1F. The second-order valence-corrected chi connectivity index (χ2v) is 18.9. The molecule has 0 amide bonds. The zero-order valence-corrected chi connectivity index (χ0v) is 41.0.